The second kappa shape index (κ2) is 3.64. The molecular weight excluding hydrogens is 241 g/mol. The summed E-state index contributed by atoms with van der Waals surface area (Å²) in [5.74, 6) is -1.93. The maximum absolute atomic E-state index is 12.8. The number of halogens is 7. The summed E-state index contributed by atoms with van der Waals surface area (Å²) in [6.07, 6.45) is -9.87. The van der Waals surface area contributed by atoms with Gasteiger partial charge in [-0.1, -0.05) is 0 Å². The Kier molecular flexibility index (Phi) is 2.91. The monoisotopic (exact) mass is 246 g/mol. The molecule has 0 saturated carbocycles. The molecule has 0 aliphatic rings. The van der Waals surface area contributed by atoms with Crippen LogP contribution in [0.2, 0.25) is 0 Å². The topological polar surface area (TPSA) is 0 Å². The molecule has 7 heteroatoms. The average Bonchev–Trinajstić information content (AvgIpc) is 2.04. The first-order valence-electron chi connectivity index (χ1n) is 3.98. The fraction of sp³-hybridized carbons (Fsp3) is 0.333. The van der Waals surface area contributed by atoms with Crippen molar-refractivity contribution in [1.29, 1.82) is 0 Å². The highest BCUT2D eigenvalue weighted by Crippen LogP contribution is 2.37. The van der Waals surface area contributed by atoms with Crippen LogP contribution < -0.4 is 0 Å². The minimum atomic E-state index is -5.00. The van der Waals surface area contributed by atoms with E-state index >= 15 is 0 Å². The summed E-state index contributed by atoms with van der Waals surface area (Å²) < 4.78 is 85.9. The molecule has 0 unspecified atom stereocenters. The highest BCUT2D eigenvalue weighted by molar-refractivity contribution is 5.35. The van der Waals surface area contributed by atoms with Crippen molar-refractivity contribution in [2.45, 2.75) is 19.3 Å². The summed E-state index contributed by atoms with van der Waals surface area (Å²) in [4.78, 5) is 0. The Balaban J connectivity index is 3.40. The lowest BCUT2D eigenvalue weighted by Gasteiger charge is -2.14. The van der Waals surface area contributed by atoms with Crippen LogP contribution in [0.1, 0.15) is 16.7 Å². The van der Waals surface area contributed by atoms with Crippen molar-refractivity contribution in [1.82, 2.24) is 0 Å². The van der Waals surface area contributed by atoms with Gasteiger partial charge in [0, 0.05) is 0 Å². The molecule has 0 bridgehead atoms. The van der Waals surface area contributed by atoms with Crippen molar-refractivity contribution < 1.29 is 30.7 Å². The van der Waals surface area contributed by atoms with E-state index in [1.807, 2.05) is 0 Å². The number of benzene rings is 1. The zero-order chi connectivity index (χ0) is 12.7. The molecule has 0 atom stereocenters. The van der Waals surface area contributed by atoms with E-state index in [2.05, 4.69) is 0 Å². The average molecular weight is 246 g/mol. The van der Waals surface area contributed by atoms with E-state index in [1.54, 1.807) is 0 Å². The molecule has 0 fully saturated rings. The lowest BCUT2D eigenvalue weighted by Crippen LogP contribution is -2.13. The van der Waals surface area contributed by atoms with E-state index in [9.17, 15) is 30.7 Å². The lowest BCUT2D eigenvalue weighted by molar-refractivity contribution is -0.143. The van der Waals surface area contributed by atoms with Gasteiger partial charge in [0.1, 0.15) is 5.82 Å². The van der Waals surface area contributed by atoms with Gasteiger partial charge >= 0.3 is 12.4 Å². The molecule has 0 spiro atoms. The Morgan fingerprint density at radius 2 is 1.25 bits per heavy atom. The van der Waals surface area contributed by atoms with Crippen molar-refractivity contribution in [2.24, 2.45) is 0 Å². The smallest absolute Gasteiger partial charge is 0.206 e. The van der Waals surface area contributed by atoms with E-state index in [0.29, 0.717) is 0 Å². The van der Waals surface area contributed by atoms with Gasteiger partial charge in [0.05, 0.1) is 11.1 Å². The summed E-state index contributed by atoms with van der Waals surface area (Å²) >= 11 is 0. The van der Waals surface area contributed by atoms with E-state index < -0.39 is 34.9 Å². The zero-order valence-corrected chi connectivity index (χ0v) is 7.80. The third-order valence-corrected chi connectivity index (χ3v) is 1.92. The standard InChI is InChI=1S/C9H5F7/c1-4-2-6(9(14,15)16)7(10)3-5(4)8(11,12)13/h2-3H,1H3. The Labute approximate surface area is 85.7 Å². The second-order valence-electron chi connectivity index (χ2n) is 3.14. The molecule has 0 radical (unpaired) electrons. The van der Waals surface area contributed by atoms with Gasteiger partial charge in [-0.3, -0.25) is 0 Å². The third kappa shape index (κ3) is 2.45. The fourth-order valence-electron chi connectivity index (χ4n) is 1.20. The molecule has 0 saturated heterocycles. The number of alkyl halides is 6. The van der Waals surface area contributed by atoms with Crippen LogP contribution >= 0.6 is 0 Å². The Bertz CT molecular complexity index is 360. The molecule has 1 aromatic rings. The lowest BCUT2D eigenvalue weighted by atomic mass is 10.0. The Morgan fingerprint density at radius 3 is 1.62 bits per heavy atom. The molecule has 0 heterocycles. The van der Waals surface area contributed by atoms with Gasteiger partial charge in [-0.25, -0.2) is 4.39 Å². The summed E-state index contributed by atoms with van der Waals surface area (Å²) in [6, 6.07) is 0.0102. The van der Waals surface area contributed by atoms with Crippen molar-refractivity contribution >= 4 is 0 Å². The molecule has 0 nitrogen and oxygen atoms in total. The molecule has 0 aliphatic carbocycles. The number of rotatable bonds is 0. The van der Waals surface area contributed by atoms with Crippen LogP contribution in [0.25, 0.3) is 0 Å². The minimum absolute atomic E-state index is 0.141. The van der Waals surface area contributed by atoms with E-state index in [-0.39, 0.29) is 12.1 Å². The van der Waals surface area contributed by atoms with Crippen molar-refractivity contribution in [3.8, 4) is 0 Å². The predicted octanol–water partition coefficient (Wildman–Crippen LogP) is 4.17. The third-order valence-electron chi connectivity index (χ3n) is 1.92. The predicted molar refractivity (Wildman–Crippen MR) is 41.1 cm³/mol. The summed E-state index contributed by atoms with van der Waals surface area (Å²) in [5.41, 5.74) is -3.77. The number of hydrogen-bond acceptors (Lipinski definition) is 0. The molecule has 0 aliphatic heterocycles. The normalized spacial score (nSPS) is 13.0. The van der Waals surface area contributed by atoms with Crippen molar-refractivity contribution in [3.63, 3.8) is 0 Å². The van der Waals surface area contributed by atoms with E-state index in [1.165, 1.54) is 0 Å². The molecule has 0 N–H and O–H groups in total. The number of aryl methyl sites for hydroxylation is 1. The van der Waals surface area contributed by atoms with Gasteiger partial charge in [0.25, 0.3) is 0 Å². The molecule has 1 rings (SSSR count). The van der Waals surface area contributed by atoms with Crippen LogP contribution in [-0.2, 0) is 12.4 Å². The van der Waals surface area contributed by atoms with Crippen LogP contribution in [0, 0.1) is 12.7 Å². The van der Waals surface area contributed by atoms with E-state index in [4.69, 9.17) is 0 Å². The molecular formula is C9H5F7. The maximum atomic E-state index is 12.8. The summed E-state index contributed by atoms with van der Waals surface area (Å²) in [7, 11) is 0. The summed E-state index contributed by atoms with van der Waals surface area (Å²) in [6.45, 7) is 0.845. The molecule has 0 amide bonds. The van der Waals surface area contributed by atoms with E-state index in [0.717, 1.165) is 6.92 Å². The van der Waals surface area contributed by atoms with Gasteiger partial charge in [-0.2, -0.15) is 26.3 Å². The van der Waals surface area contributed by atoms with Crippen molar-refractivity contribution in [2.75, 3.05) is 0 Å². The van der Waals surface area contributed by atoms with Crippen LogP contribution in [-0.4, -0.2) is 0 Å². The van der Waals surface area contributed by atoms with Gasteiger partial charge in [0.2, 0.25) is 0 Å². The Morgan fingerprint density at radius 1 is 0.812 bits per heavy atom. The highest BCUT2D eigenvalue weighted by atomic mass is 19.4. The molecule has 90 valence electrons. The van der Waals surface area contributed by atoms with Gasteiger partial charge in [-0.05, 0) is 24.6 Å². The first kappa shape index (κ1) is 12.8. The van der Waals surface area contributed by atoms with Crippen molar-refractivity contribution in [3.05, 3.63) is 34.6 Å². The minimum Gasteiger partial charge on any atom is -0.206 e. The van der Waals surface area contributed by atoms with Gasteiger partial charge < -0.3 is 0 Å². The maximum Gasteiger partial charge on any atom is 0.419 e. The SMILES string of the molecule is Cc1cc(C(F)(F)F)c(F)cc1C(F)(F)F. The first-order chi connectivity index (χ1) is 7.03. The highest BCUT2D eigenvalue weighted by Gasteiger charge is 2.38. The van der Waals surface area contributed by atoms with Crippen LogP contribution in [0.4, 0.5) is 30.7 Å². The van der Waals surface area contributed by atoms with Crippen LogP contribution in [0.5, 0.6) is 0 Å². The van der Waals surface area contributed by atoms with Gasteiger partial charge in [-0.15, -0.1) is 0 Å². The molecule has 0 aromatic heterocycles. The largest absolute Gasteiger partial charge is 0.419 e. The number of hydrogen-bond donors (Lipinski definition) is 0. The fourth-order valence-corrected chi connectivity index (χ4v) is 1.20. The molecule has 16 heavy (non-hydrogen) atoms. The van der Waals surface area contributed by atoms with Crippen LogP contribution in [0.15, 0.2) is 12.1 Å². The Hall–Kier alpha value is -1.27. The summed E-state index contributed by atoms with van der Waals surface area (Å²) in [5, 5.41) is 0. The quantitative estimate of drug-likeness (QED) is 0.602. The first-order valence-corrected chi connectivity index (χ1v) is 3.98. The zero-order valence-electron chi connectivity index (χ0n) is 7.80. The van der Waals surface area contributed by atoms with Crippen LogP contribution in [0.3, 0.4) is 0 Å². The van der Waals surface area contributed by atoms with Gasteiger partial charge in [0.15, 0.2) is 0 Å². The molecule has 1 aromatic carbocycles. The second-order valence-corrected chi connectivity index (χ2v) is 3.14.